The first-order valence-corrected chi connectivity index (χ1v) is 8.57. The number of anilines is 1. The highest BCUT2D eigenvalue weighted by Gasteiger charge is 2.26. The number of rotatable bonds is 4. The van der Waals surface area contributed by atoms with E-state index >= 15 is 0 Å². The number of primary amides is 1. The van der Waals surface area contributed by atoms with E-state index in [4.69, 9.17) is 5.73 Å². The van der Waals surface area contributed by atoms with Gasteiger partial charge in [-0.1, -0.05) is 0 Å². The van der Waals surface area contributed by atoms with Crippen molar-refractivity contribution in [3.8, 4) is 0 Å². The highest BCUT2D eigenvalue weighted by Crippen LogP contribution is 2.26. The van der Waals surface area contributed by atoms with E-state index in [9.17, 15) is 14.4 Å². The first kappa shape index (κ1) is 18.4. The van der Waals surface area contributed by atoms with Gasteiger partial charge in [0.25, 0.3) is 5.91 Å². The number of likely N-dealkylation sites (tertiary alicyclic amines) is 1. The zero-order valence-electron chi connectivity index (χ0n) is 14.9. The van der Waals surface area contributed by atoms with Crippen molar-refractivity contribution in [2.45, 2.75) is 18.8 Å². The summed E-state index contributed by atoms with van der Waals surface area (Å²) < 4.78 is 4.65. The van der Waals surface area contributed by atoms with Crippen LogP contribution in [0, 0.1) is 0 Å². The molecule has 1 unspecified atom stereocenters. The second-order valence-electron chi connectivity index (χ2n) is 6.36. The molecule has 3 rings (SSSR count). The normalized spacial score (nSPS) is 16.6. The van der Waals surface area contributed by atoms with Crippen LogP contribution < -0.4 is 11.1 Å². The number of amides is 3. The molecule has 9 nitrogen and oxygen atoms in total. The number of methoxy groups -OCH3 is 1. The van der Waals surface area contributed by atoms with E-state index in [1.165, 1.54) is 7.11 Å². The molecule has 1 fully saturated rings. The minimum Gasteiger partial charge on any atom is -0.465 e. The van der Waals surface area contributed by atoms with Crippen molar-refractivity contribution in [3.63, 3.8) is 0 Å². The maximum atomic E-state index is 12.6. The third kappa shape index (κ3) is 4.25. The number of hydrogen-bond acceptors (Lipinski definition) is 5. The van der Waals surface area contributed by atoms with E-state index < -0.39 is 11.9 Å². The highest BCUT2D eigenvalue weighted by molar-refractivity contribution is 5.92. The predicted octanol–water partition coefficient (Wildman–Crippen LogP) is 1.71. The number of aromatic nitrogens is 2. The third-order valence-electron chi connectivity index (χ3n) is 4.56. The number of aromatic amines is 1. The molecule has 0 aliphatic carbocycles. The Kier molecular flexibility index (Phi) is 5.39. The number of nitrogens with one attached hydrogen (secondary N) is 2. The summed E-state index contributed by atoms with van der Waals surface area (Å²) in [4.78, 5) is 36.9. The Labute approximate surface area is 155 Å². The summed E-state index contributed by atoms with van der Waals surface area (Å²) in [7, 11) is 1.32. The topological polar surface area (TPSA) is 130 Å². The molecule has 1 atom stereocenters. The lowest BCUT2D eigenvalue weighted by Crippen LogP contribution is -2.41. The van der Waals surface area contributed by atoms with Gasteiger partial charge in [-0.05, 0) is 43.2 Å². The summed E-state index contributed by atoms with van der Waals surface area (Å²) in [6, 6.07) is 7.91. The van der Waals surface area contributed by atoms with Gasteiger partial charge < -0.3 is 20.7 Å². The number of ether oxygens (including phenoxy) is 1. The molecule has 4 N–H and O–H groups in total. The van der Waals surface area contributed by atoms with Gasteiger partial charge in [-0.3, -0.25) is 9.89 Å². The van der Waals surface area contributed by atoms with Crippen LogP contribution >= 0.6 is 0 Å². The van der Waals surface area contributed by atoms with Gasteiger partial charge in [0.05, 0.1) is 12.7 Å². The van der Waals surface area contributed by atoms with Crippen LogP contribution in [-0.4, -0.2) is 53.2 Å². The monoisotopic (exact) mass is 371 g/mol. The highest BCUT2D eigenvalue weighted by atomic mass is 16.5. The molecule has 1 aromatic heterocycles. The number of carbonyl (C=O) groups excluding carboxylic acids is 3. The number of nitrogens with zero attached hydrogens (tertiary/aromatic N) is 2. The number of H-pyrrole nitrogens is 1. The van der Waals surface area contributed by atoms with Gasteiger partial charge in [-0.15, -0.1) is 0 Å². The van der Waals surface area contributed by atoms with Crippen molar-refractivity contribution in [2.75, 3.05) is 25.5 Å². The molecule has 0 saturated carbocycles. The van der Waals surface area contributed by atoms with Crippen LogP contribution in [0.4, 0.5) is 10.5 Å². The number of nitrogens with two attached hydrogens (primary N) is 1. The summed E-state index contributed by atoms with van der Waals surface area (Å²) >= 11 is 0. The zero-order valence-corrected chi connectivity index (χ0v) is 14.9. The first-order chi connectivity index (χ1) is 13.0. The third-order valence-corrected chi connectivity index (χ3v) is 4.56. The lowest BCUT2D eigenvalue weighted by atomic mass is 9.95. The molecule has 142 valence electrons. The SMILES string of the molecule is COC(=O)c1ccc(NC(=O)N2CCCC(c3cc(C(N)=O)n[nH]3)C2)cc1. The van der Waals surface area contributed by atoms with Crippen LogP contribution in [0.2, 0.25) is 0 Å². The minimum absolute atomic E-state index is 0.0619. The van der Waals surface area contributed by atoms with Gasteiger partial charge in [0.15, 0.2) is 0 Å². The van der Waals surface area contributed by atoms with Gasteiger partial charge in [-0.2, -0.15) is 5.10 Å². The van der Waals surface area contributed by atoms with Crippen molar-refractivity contribution in [2.24, 2.45) is 5.73 Å². The summed E-state index contributed by atoms with van der Waals surface area (Å²) in [5.41, 5.74) is 7.22. The Bertz CT molecular complexity index is 846. The van der Waals surface area contributed by atoms with Gasteiger partial charge in [-0.25, -0.2) is 9.59 Å². The molecular weight excluding hydrogens is 350 g/mol. The van der Waals surface area contributed by atoms with Gasteiger partial charge in [0.1, 0.15) is 5.69 Å². The smallest absolute Gasteiger partial charge is 0.337 e. The fourth-order valence-corrected chi connectivity index (χ4v) is 3.10. The minimum atomic E-state index is -0.585. The van der Waals surface area contributed by atoms with Crippen LogP contribution in [0.1, 0.15) is 45.3 Å². The molecule has 0 bridgehead atoms. The Morgan fingerprint density at radius 1 is 1.30 bits per heavy atom. The molecular formula is C18H21N5O4. The van der Waals surface area contributed by atoms with Crippen molar-refractivity contribution in [3.05, 3.63) is 47.3 Å². The Hall–Kier alpha value is -3.36. The Balaban J connectivity index is 1.62. The molecule has 9 heteroatoms. The maximum Gasteiger partial charge on any atom is 0.337 e. The number of urea groups is 1. The Morgan fingerprint density at radius 3 is 2.67 bits per heavy atom. The average Bonchev–Trinajstić information content (AvgIpc) is 3.19. The number of carbonyl (C=O) groups is 3. The first-order valence-electron chi connectivity index (χ1n) is 8.57. The molecule has 3 amide bonds. The quantitative estimate of drug-likeness (QED) is 0.704. The van der Waals surface area contributed by atoms with E-state index in [0.29, 0.717) is 24.3 Å². The summed E-state index contributed by atoms with van der Waals surface area (Å²) in [5, 5.41) is 9.56. The average molecular weight is 371 g/mol. The van der Waals surface area contributed by atoms with E-state index in [-0.39, 0.29) is 17.6 Å². The van der Waals surface area contributed by atoms with Gasteiger partial charge in [0, 0.05) is 30.4 Å². The molecule has 0 radical (unpaired) electrons. The summed E-state index contributed by atoms with van der Waals surface area (Å²) in [6.45, 7) is 1.14. The van der Waals surface area contributed by atoms with Crippen molar-refractivity contribution in [1.29, 1.82) is 0 Å². The van der Waals surface area contributed by atoms with Crippen LogP contribution in [-0.2, 0) is 4.74 Å². The van der Waals surface area contributed by atoms with Gasteiger partial charge >= 0.3 is 12.0 Å². The molecule has 1 aliphatic rings. The van der Waals surface area contributed by atoms with Crippen LogP contribution in [0.15, 0.2) is 30.3 Å². The van der Waals surface area contributed by atoms with E-state index in [1.54, 1.807) is 35.2 Å². The number of esters is 1. The lowest BCUT2D eigenvalue weighted by Gasteiger charge is -2.32. The molecule has 27 heavy (non-hydrogen) atoms. The molecule has 2 aromatic rings. The van der Waals surface area contributed by atoms with Crippen molar-refractivity contribution >= 4 is 23.6 Å². The largest absolute Gasteiger partial charge is 0.465 e. The van der Waals surface area contributed by atoms with E-state index in [2.05, 4.69) is 20.3 Å². The molecule has 0 spiro atoms. The van der Waals surface area contributed by atoms with E-state index in [1.807, 2.05) is 0 Å². The zero-order chi connectivity index (χ0) is 19.4. The lowest BCUT2D eigenvalue weighted by molar-refractivity contribution is 0.0600. The predicted molar refractivity (Wildman–Crippen MR) is 97.5 cm³/mol. The fraction of sp³-hybridized carbons (Fsp3) is 0.333. The van der Waals surface area contributed by atoms with Crippen LogP contribution in [0.3, 0.4) is 0 Å². The Morgan fingerprint density at radius 2 is 2.04 bits per heavy atom. The molecule has 1 aliphatic heterocycles. The molecule has 1 saturated heterocycles. The maximum absolute atomic E-state index is 12.6. The molecule has 1 aromatic carbocycles. The number of benzene rings is 1. The second-order valence-corrected chi connectivity index (χ2v) is 6.36. The van der Waals surface area contributed by atoms with Crippen molar-refractivity contribution < 1.29 is 19.1 Å². The second kappa shape index (κ2) is 7.90. The van der Waals surface area contributed by atoms with E-state index in [0.717, 1.165) is 18.5 Å². The summed E-state index contributed by atoms with van der Waals surface area (Å²) in [5.74, 6) is -0.952. The number of piperidine rings is 1. The fourth-order valence-electron chi connectivity index (χ4n) is 3.10. The van der Waals surface area contributed by atoms with Gasteiger partial charge in [0.2, 0.25) is 0 Å². The van der Waals surface area contributed by atoms with Crippen molar-refractivity contribution in [1.82, 2.24) is 15.1 Å². The summed E-state index contributed by atoms with van der Waals surface area (Å²) in [6.07, 6.45) is 1.72. The number of hydrogen-bond donors (Lipinski definition) is 3. The van der Waals surface area contributed by atoms with Crippen LogP contribution in [0.25, 0.3) is 0 Å². The standard InChI is InChI=1S/C18H21N5O4/c1-27-17(25)11-4-6-13(7-5-11)20-18(26)23-8-2-3-12(10-23)14-9-15(16(19)24)22-21-14/h4-7,9,12H,2-3,8,10H2,1H3,(H2,19,24)(H,20,26)(H,21,22). The van der Waals surface area contributed by atoms with Crippen LogP contribution in [0.5, 0.6) is 0 Å². The molecule has 2 heterocycles.